The molecule has 2 aromatic heterocycles. The van der Waals surface area contributed by atoms with Crippen LogP contribution in [0.25, 0.3) is 21.5 Å². The first-order chi connectivity index (χ1) is 14.4. The quantitative estimate of drug-likeness (QED) is 0.477. The Hall–Kier alpha value is -3.34. The third kappa shape index (κ3) is 4.01. The van der Waals surface area contributed by atoms with Gasteiger partial charge < -0.3 is 14.0 Å². The molecule has 0 amide bonds. The van der Waals surface area contributed by atoms with Crippen molar-refractivity contribution in [3.05, 3.63) is 53.0 Å². The zero-order valence-corrected chi connectivity index (χ0v) is 16.5. The van der Waals surface area contributed by atoms with Crippen molar-refractivity contribution in [2.24, 2.45) is 0 Å². The van der Waals surface area contributed by atoms with Gasteiger partial charge in [-0.1, -0.05) is 23.5 Å². The largest absolute Gasteiger partial charge is 0.573 e. The Morgan fingerprint density at radius 2 is 1.97 bits per heavy atom. The summed E-state index contributed by atoms with van der Waals surface area (Å²) >= 11 is 1.08. The molecule has 11 heteroatoms. The number of rotatable bonds is 6. The average Bonchev–Trinajstić information content (AvgIpc) is 3.28. The van der Waals surface area contributed by atoms with Crippen molar-refractivity contribution >= 4 is 21.6 Å². The molecule has 0 unspecified atom stereocenters. The van der Waals surface area contributed by atoms with E-state index >= 15 is 0 Å². The molecule has 0 saturated heterocycles. The number of H-pyrrole nitrogens is 1. The molecule has 0 aliphatic rings. The van der Waals surface area contributed by atoms with Crippen LogP contribution in [-0.4, -0.2) is 33.5 Å². The summed E-state index contributed by atoms with van der Waals surface area (Å²) in [5, 5.41) is 19.3. The fourth-order valence-corrected chi connectivity index (χ4v) is 4.15. The first kappa shape index (κ1) is 20.0. The Bertz CT molecular complexity index is 1240. The molecule has 0 aliphatic carbocycles. The van der Waals surface area contributed by atoms with Crippen LogP contribution in [0.2, 0.25) is 0 Å². The summed E-state index contributed by atoms with van der Waals surface area (Å²) in [7, 11) is 1.58. The summed E-state index contributed by atoms with van der Waals surface area (Å²) in [5.41, 5.74) is 2.80. The number of thiazole rings is 1. The maximum Gasteiger partial charge on any atom is 0.573 e. The summed E-state index contributed by atoms with van der Waals surface area (Å²) in [6.45, 7) is 0.410. The Labute approximate surface area is 172 Å². The van der Waals surface area contributed by atoms with Crippen LogP contribution in [0.15, 0.2) is 42.5 Å². The van der Waals surface area contributed by atoms with Gasteiger partial charge in [-0.05, 0) is 30.3 Å². The van der Waals surface area contributed by atoms with Crippen LogP contribution in [0.4, 0.5) is 13.2 Å². The highest BCUT2D eigenvalue weighted by Gasteiger charge is 2.31. The van der Waals surface area contributed by atoms with Crippen LogP contribution in [-0.2, 0) is 13.0 Å². The van der Waals surface area contributed by atoms with Crippen molar-refractivity contribution in [2.45, 2.75) is 19.3 Å². The fourth-order valence-electron chi connectivity index (χ4n) is 3.19. The average molecular weight is 435 g/mol. The minimum atomic E-state index is -4.76. The molecule has 4 aromatic rings. The molecule has 4 rings (SSSR count). The topological polar surface area (TPSA) is 88.8 Å². The zero-order chi connectivity index (χ0) is 21.3. The van der Waals surface area contributed by atoms with E-state index in [-0.39, 0.29) is 10.6 Å². The van der Waals surface area contributed by atoms with Gasteiger partial charge in [-0.3, -0.25) is 5.41 Å². The van der Waals surface area contributed by atoms with Crippen molar-refractivity contribution in [2.75, 3.05) is 7.11 Å². The lowest BCUT2D eigenvalue weighted by atomic mass is 10.1. The van der Waals surface area contributed by atoms with E-state index in [4.69, 9.17) is 10.1 Å². The lowest BCUT2D eigenvalue weighted by molar-refractivity contribution is -0.274. The number of aryl methyl sites for hydroxylation is 2. The third-order valence-corrected chi connectivity index (χ3v) is 5.42. The number of methoxy groups -OCH3 is 1. The van der Waals surface area contributed by atoms with Crippen LogP contribution in [0.1, 0.15) is 5.69 Å². The number of nitrogens with zero attached hydrogens (tertiary/aromatic N) is 3. The smallest absolute Gasteiger partial charge is 0.496 e. The molecule has 2 aromatic carbocycles. The van der Waals surface area contributed by atoms with E-state index in [0.29, 0.717) is 40.3 Å². The normalized spacial score (nSPS) is 11.7. The zero-order valence-electron chi connectivity index (χ0n) is 15.7. The van der Waals surface area contributed by atoms with Gasteiger partial charge in [0.15, 0.2) is 4.80 Å². The summed E-state index contributed by atoms with van der Waals surface area (Å²) < 4.78 is 49.0. The molecule has 0 radical (unpaired) electrons. The number of fused-ring (bicyclic) bond motifs is 1. The summed E-state index contributed by atoms with van der Waals surface area (Å²) in [4.78, 5) is 0.219. The van der Waals surface area contributed by atoms with Crippen molar-refractivity contribution in [1.29, 1.82) is 5.41 Å². The minimum absolute atomic E-state index is 0.219. The lowest BCUT2D eigenvalue weighted by Gasteiger charge is -2.09. The first-order valence-electron chi connectivity index (χ1n) is 8.82. The number of alkyl halides is 3. The van der Waals surface area contributed by atoms with E-state index in [9.17, 15) is 13.2 Å². The second-order valence-electron chi connectivity index (χ2n) is 6.31. The van der Waals surface area contributed by atoms with Crippen LogP contribution < -0.4 is 14.3 Å². The van der Waals surface area contributed by atoms with Gasteiger partial charge in [-0.25, -0.2) is 0 Å². The van der Waals surface area contributed by atoms with Gasteiger partial charge in [0.05, 0.1) is 23.0 Å². The van der Waals surface area contributed by atoms with Crippen LogP contribution >= 0.6 is 11.3 Å². The number of halogens is 3. The fraction of sp³-hybridized carbons (Fsp3) is 0.211. The minimum Gasteiger partial charge on any atom is -0.496 e. The van der Waals surface area contributed by atoms with Crippen molar-refractivity contribution in [1.82, 2.24) is 20.0 Å². The molecular weight excluding hydrogens is 419 g/mol. The molecule has 0 atom stereocenters. The van der Waals surface area contributed by atoms with Gasteiger partial charge in [0, 0.05) is 18.5 Å². The molecule has 0 fully saturated rings. The number of ether oxygens (including phenoxy) is 2. The van der Waals surface area contributed by atoms with Gasteiger partial charge >= 0.3 is 6.36 Å². The van der Waals surface area contributed by atoms with Crippen molar-refractivity contribution in [3.8, 4) is 22.8 Å². The number of aromatic nitrogens is 4. The highest BCUT2D eigenvalue weighted by atomic mass is 32.1. The molecule has 2 heterocycles. The second kappa shape index (κ2) is 7.82. The third-order valence-electron chi connectivity index (χ3n) is 4.46. The number of benzene rings is 2. The van der Waals surface area contributed by atoms with Gasteiger partial charge in [-0.15, -0.1) is 13.2 Å². The maximum absolute atomic E-state index is 12.4. The number of para-hydroxylation sites is 1. The Balaban J connectivity index is 1.60. The molecule has 2 N–H and O–H groups in total. The molecule has 30 heavy (non-hydrogen) atoms. The molecule has 0 spiro atoms. The lowest BCUT2D eigenvalue weighted by Crippen LogP contribution is -2.17. The Morgan fingerprint density at radius 1 is 1.17 bits per heavy atom. The van der Waals surface area contributed by atoms with E-state index in [2.05, 4.69) is 20.1 Å². The monoisotopic (exact) mass is 435 g/mol. The van der Waals surface area contributed by atoms with E-state index in [1.165, 1.54) is 18.2 Å². The van der Waals surface area contributed by atoms with Gasteiger partial charge in [0.2, 0.25) is 0 Å². The molecule has 0 saturated carbocycles. The number of hydrogen-bond donors (Lipinski definition) is 2. The highest BCUT2D eigenvalue weighted by molar-refractivity contribution is 7.16. The number of hydrogen-bond acceptors (Lipinski definition) is 6. The molecular formula is C19H16F3N5O2S. The summed E-state index contributed by atoms with van der Waals surface area (Å²) in [6.07, 6.45) is -4.29. The van der Waals surface area contributed by atoms with Gasteiger partial charge in [-0.2, -0.15) is 15.4 Å². The maximum atomic E-state index is 12.4. The predicted octanol–water partition coefficient (Wildman–Crippen LogP) is 4.12. The number of nitrogens with one attached hydrogen (secondary N) is 2. The van der Waals surface area contributed by atoms with Gasteiger partial charge in [0.25, 0.3) is 0 Å². The second-order valence-corrected chi connectivity index (χ2v) is 7.34. The Morgan fingerprint density at radius 3 is 2.73 bits per heavy atom. The van der Waals surface area contributed by atoms with Crippen LogP contribution in [0.3, 0.4) is 0 Å². The van der Waals surface area contributed by atoms with Crippen molar-refractivity contribution in [3.63, 3.8) is 0 Å². The molecule has 0 bridgehead atoms. The van der Waals surface area contributed by atoms with E-state index in [1.54, 1.807) is 11.7 Å². The molecule has 156 valence electrons. The number of aromatic amines is 1. The van der Waals surface area contributed by atoms with Gasteiger partial charge in [0.1, 0.15) is 17.2 Å². The van der Waals surface area contributed by atoms with E-state index in [0.717, 1.165) is 16.9 Å². The SMILES string of the molecule is COc1ccccc1-c1n[nH]nc1CCn1c(=N)sc2cc(OC(F)(F)F)ccc21. The predicted molar refractivity (Wildman–Crippen MR) is 104 cm³/mol. The van der Waals surface area contributed by atoms with Crippen molar-refractivity contribution < 1.29 is 22.6 Å². The summed E-state index contributed by atoms with van der Waals surface area (Å²) in [5.74, 6) is 0.359. The van der Waals surface area contributed by atoms with E-state index in [1.807, 2.05) is 24.3 Å². The molecule has 7 nitrogen and oxygen atoms in total. The summed E-state index contributed by atoms with van der Waals surface area (Å²) in [6, 6.07) is 11.5. The standard InChI is InChI=1S/C19H16F3N5O2S/c1-28-15-5-3-2-4-12(15)17-13(24-26-25-17)8-9-27-14-7-6-11(29-19(20,21)22)10-16(14)30-18(27)23/h2-7,10,23H,8-9H2,1H3,(H,24,25,26). The van der Waals surface area contributed by atoms with Crippen LogP contribution in [0, 0.1) is 5.41 Å². The highest BCUT2D eigenvalue weighted by Crippen LogP contribution is 2.31. The molecule has 0 aliphatic heterocycles. The Kier molecular flexibility index (Phi) is 5.20. The van der Waals surface area contributed by atoms with Crippen LogP contribution in [0.5, 0.6) is 11.5 Å². The van der Waals surface area contributed by atoms with E-state index < -0.39 is 6.36 Å². The first-order valence-corrected chi connectivity index (χ1v) is 9.64.